The number of rotatable bonds is 4. The van der Waals surface area contributed by atoms with Crippen molar-refractivity contribution < 1.29 is 4.79 Å². The molecule has 1 unspecified atom stereocenters. The summed E-state index contributed by atoms with van der Waals surface area (Å²) in [5, 5.41) is 0. The van der Waals surface area contributed by atoms with Gasteiger partial charge in [0, 0.05) is 11.5 Å². The highest BCUT2D eigenvalue weighted by atomic mass is 16.1. The van der Waals surface area contributed by atoms with Gasteiger partial charge in [-0.15, -0.1) is 0 Å². The van der Waals surface area contributed by atoms with E-state index in [9.17, 15) is 4.79 Å². The monoisotopic (exact) mass is 258 g/mol. The molecule has 0 amide bonds. The molecule has 0 heterocycles. The van der Waals surface area contributed by atoms with Crippen LogP contribution < -0.4 is 0 Å². The van der Waals surface area contributed by atoms with Crippen molar-refractivity contribution in [2.24, 2.45) is 11.3 Å². The highest BCUT2D eigenvalue weighted by molar-refractivity contribution is 6.00. The normalized spacial score (nSPS) is 21.6. The summed E-state index contributed by atoms with van der Waals surface area (Å²) in [6, 6.07) is 6.44. The van der Waals surface area contributed by atoms with Crippen LogP contribution in [-0.2, 0) is 12.8 Å². The Hall–Kier alpha value is -1.11. The second-order valence-corrected chi connectivity index (χ2v) is 6.50. The van der Waals surface area contributed by atoms with E-state index in [1.165, 1.54) is 24.0 Å². The molecule has 1 atom stereocenters. The summed E-state index contributed by atoms with van der Waals surface area (Å²) in [6.45, 7) is 8.78. The topological polar surface area (TPSA) is 17.1 Å². The van der Waals surface area contributed by atoms with Crippen LogP contribution in [0.2, 0.25) is 0 Å². The fraction of sp³-hybridized carbons (Fsp3) is 0.611. The molecule has 1 aliphatic carbocycles. The first-order valence-electron chi connectivity index (χ1n) is 7.65. The predicted molar refractivity (Wildman–Crippen MR) is 80.7 cm³/mol. The summed E-state index contributed by atoms with van der Waals surface area (Å²) in [7, 11) is 0. The molecule has 1 saturated carbocycles. The van der Waals surface area contributed by atoms with Crippen molar-refractivity contribution in [2.75, 3.05) is 0 Å². The van der Waals surface area contributed by atoms with E-state index < -0.39 is 0 Å². The van der Waals surface area contributed by atoms with Gasteiger partial charge in [-0.2, -0.15) is 0 Å². The molecular weight excluding hydrogens is 232 g/mol. The number of benzene rings is 1. The lowest BCUT2D eigenvalue weighted by Gasteiger charge is -2.26. The van der Waals surface area contributed by atoms with E-state index in [4.69, 9.17) is 0 Å². The van der Waals surface area contributed by atoms with Gasteiger partial charge >= 0.3 is 0 Å². The molecule has 0 radical (unpaired) electrons. The minimum Gasteiger partial charge on any atom is -0.294 e. The quantitative estimate of drug-likeness (QED) is 0.708. The maximum absolute atomic E-state index is 12.9. The van der Waals surface area contributed by atoms with Gasteiger partial charge in [-0.1, -0.05) is 46.2 Å². The van der Waals surface area contributed by atoms with Gasteiger partial charge in [-0.25, -0.2) is 0 Å². The van der Waals surface area contributed by atoms with Crippen molar-refractivity contribution in [1.29, 1.82) is 0 Å². The molecule has 104 valence electrons. The van der Waals surface area contributed by atoms with E-state index in [1.54, 1.807) is 0 Å². The molecule has 0 saturated heterocycles. The van der Waals surface area contributed by atoms with Crippen molar-refractivity contribution in [3.8, 4) is 0 Å². The molecule has 0 aliphatic heterocycles. The lowest BCUT2D eigenvalue weighted by atomic mass is 9.76. The molecular formula is C18H26O. The molecule has 0 spiro atoms. The van der Waals surface area contributed by atoms with Crippen LogP contribution >= 0.6 is 0 Å². The maximum Gasteiger partial charge on any atom is 0.166 e. The third-order valence-electron chi connectivity index (χ3n) is 4.80. The van der Waals surface area contributed by atoms with E-state index in [0.717, 1.165) is 24.8 Å². The van der Waals surface area contributed by atoms with E-state index in [0.29, 0.717) is 5.78 Å². The molecule has 1 aromatic rings. The summed E-state index contributed by atoms with van der Waals surface area (Å²) in [5.74, 6) is 0.597. The number of hydrogen-bond donors (Lipinski definition) is 0. The van der Waals surface area contributed by atoms with Crippen LogP contribution in [0.3, 0.4) is 0 Å². The smallest absolute Gasteiger partial charge is 0.166 e. The second-order valence-electron chi connectivity index (χ2n) is 6.50. The maximum atomic E-state index is 12.9. The van der Waals surface area contributed by atoms with E-state index >= 15 is 0 Å². The van der Waals surface area contributed by atoms with Gasteiger partial charge in [0.15, 0.2) is 5.78 Å². The van der Waals surface area contributed by atoms with Crippen LogP contribution in [0.15, 0.2) is 18.2 Å². The Morgan fingerprint density at radius 1 is 1.26 bits per heavy atom. The Morgan fingerprint density at radius 3 is 2.53 bits per heavy atom. The average molecular weight is 258 g/mol. The van der Waals surface area contributed by atoms with Gasteiger partial charge in [-0.3, -0.25) is 4.79 Å². The summed E-state index contributed by atoms with van der Waals surface area (Å²) in [4.78, 5) is 12.9. The molecule has 1 nitrogen and oxygen atoms in total. The molecule has 1 heteroatoms. The molecule has 0 bridgehead atoms. The van der Waals surface area contributed by atoms with Gasteiger partial charge in [0.1, 0.15) is 0 Å². The number of carbonyl (C=O) groups excluding carboxylic acids is 1. The minimum atomic E-state index is 0.171. The standard InChI is InChI=1S/C18H26O/c1-5-13-9-10-14(6-2)15(12-13)17(19)16-8-7-11-18(16,3)4/h9-10,12,16H,5-8,11H2,1-4H3. The van der Waals surface area contributed by atoms with Gasteiger partial charge in [0.2, 0.25) is 0 Å². The number of carbonyl (C=O) groups is 1. The van der Waals surface area contributed by atoms with Crippen molar-refractivity contribution in [3.63, 3.8) is 0 Å². The third-order valence-corrected chi connectivity index (χ3v) is 4.80. The zero-order chi connectivity index (χ0) is 14.0. The first-order chi connectivity index (χ1) is 8.99. The Kier molecular flexibility index (Phi) is 4.13. The average Bonchev–Trinajstić information content (AvgIpc) is 2.76. The predicted octanol–water partition coefficient (Wildman–Crippen LogP) is 4.82. The van der Waals surface area contributed by atoms with Crippen LogP contribution in [0.5, 0.6) is 0 Å². The second kappa shape index (κ2) is 5.48. The highest BCUT2D eigenvalue weighted by Gasteiger charge is 2.39. The summed E-state index contributed by atoms with van der Waals surface area (Å²) < 4.78 is 0. The van der Waals surface area contributed by atoms with E-state index in [1.807, 2.05) is 0 Å². The SMILES string of the molecule is CCc1ccc(CC)c(C(=O)C2CCCC2(C)C)c1. The van der Waals surface area contributed by atoms with Crippen LogP contribution in [-0.4, -0.2) is 5.78 Å². The van der Waals surface area contributed by atoms with E-state index in [-0.39, 0.29) is 11.3 Å². The molecule has 2 rings (SSSR count). The molecule has 0 N–H and O–H groups in total. The van der Waals surface area contributed by atoms with Crippen molar-refractivity contribution in [3.05, 3.63) is 34.9 Å². The Labute approximate surface area is 117 Å². The zero-order valence-electron chi connectivity index (χ0n) is 12.8. The zero-order valence-corrected chi connectivity index (χ0v) is 12.8. The molecule has 1 fully saturated rings. The van der Waals surface area contributed by atoms with Crippen LogP contribution in [0, 0.1) is 11.3 Å². The molecule has 19 heavy (non-hydrogen) atoms. The van der Waals surface area contributed by atoms with Crippen molar-refractivity contribution in [1.82, 2.24) is 0 Å². The first kappa shape index (κ1) is 14.3. The fourth-order valence-corrected chi connectivity index (χ4v) is 3.38. The number of hydrogen-bond acceptors (Lipinski definition) is 1. The largest absolute Gasteiger partial charge is 0.294 e. The summed E-state index contributed by atoms with van der Waals surface area (Å²) >= 11 is 0. The van der Waals surface area contributed by atoms with Gasteiger partial charge < -0.3 is 0 Å². The van der Waals surface area contributed by atoms with Crippen LogP contribution in [0.4, 0.5) is 0 Å². The van der Waals surface area contributed by atoms with Gasteiger partial charge in [-0.05, 0) is 48.3 Å². The number of Topliss-reactive ketones (excluding diaryl/α,β-unsaturated/α-hetero) is 1. The number of aryl methyl sites for hydroxylation is 2. The summed E-state index contributed by atoms with van der Waals surface area (Å²) in [5.41, 5.74) is 3.65. The lowest BCUT2D eigenvalue weighted by molar-refractivity contribution is 0.0838. The highest BCUT2D eigenvalue weighted by Crippen LogP contribution is 2.44. The third kappa shape index (κ3) is 2.75. The first-order valence-corrected chi connectivity index (χ1v) is 7.65. The number of ketones is 1. The van der Waals surface area contributed by atoms with Gasteiger partial charge in [0.25, 0.3) is 0 Å². The Balaban J connectivity index is 2.37. The van der Waals surface area contributed by atoms with Crippen LogP contribution in [0.25, 0.3) is 0 Å². The molecule has 1 aliphatic rings. The summed E-state index contributed by atoms with van der Waals surface area (Å²) in [6.07, 6.45) is 5.37. The van der Waals surface area contributed by atoms with Crippen molar-refractivity contribution >= 4 is 5.78 Å². The Morgan fingerprint density at radius 2 is 2.00 bits per heavy atom. The fourth-order valence-electron chi connectivity index (χ4n) is 3.38. The van der Waals surface area contributed by atoms with Crippen LogP contribution in [0.1, 0.15) is 68.4 Å². The Bertz CT molecular complexity index is 471. The minimum absolute atomic E-state index is 0.171. The molecule has 0 aromatic heterocycles. The van der Waals surface area contributed by atoms with E-state index in [2.05, 4.69) is 45.9 Å². The van der Waals surface area contributed by atoms with Gasteiger partial charge in [0.05, 0.1) is 0 Å². The molecule has 1 aromatic carbocycles. The van der Waals surface area contributed by atoms with Crippen molar-refractivity contribution in [2.45, 2.75) is 59.8 Å². The lowest BCUT2D eigenvalue weighted by Crippen LogP contribution is -2.26.